The third-order valence-electron chi connectivity index (χ3n) is 11.6. The molecule has 2 nitrogen and oxygen atoms in total. The summed E-state index contributed by atoms with van der Waals surface area (Å²) in [6, 6.07) is 76.1. The summed E-state index contributed by atoms with van der Waals surface area (Å²) in [4.78, 5) is 2.40. The van der Waals surface area contributed by atoms with Gasteiger partial charge in [-0.25, -0.2) is 0 Å². The maximum atomic E-state index is 2.40. The number of hydrogen-bond acceptors (Lipinski definition) is 2. The van der Waals surface area contributed by atoms with E-state index in [2.05, 4.69) is 216 Å². The molecule has 0 aliphatic rings. The van der Waals surface area contributed by atoms with E-state index in [0.29, 0.717) is 14.5 Å². The SMILES string of the molecule is c1ccc(-n2c3ccccc3c3cc(-c4ccc(N(c5ccc(-c6ccc7[se]c8ccccc8c7c6)cc5)c5ccc6sc7ccccc7c6c5)cc4)ccc32)cc1. The zero-order valence-electron chi connectivity index (χ0n) is 31.3. The van der Waals surface area contributed by atoms with Crippen LogP contribution in [-0.2, 0) is 0 Å². The molecule has 3 aromatic heterocycles. The van der Waals surface area contributed by atoms with Gasteiger partial charge in [0, 0.05) is 31.2 Å². The average Bonchev–Trinajstić information content (AvgIpc) is 3.96. The number of fused-ring (bicyclic) bond motifs is 9. The first-order chi connectivity index (χ1) is 28.7. The minimum atomic E-state index is 0.370. The molecule has 58 heavy (non-hydrogen) atoms. The van der Waals surface area contributed by atoms with Crippen LogP contribution < -0.4 is 4.90 Å². The molecule has 0 unspecified atom stereocenters. The van der Waals surface area contributed by atoms with Crippen LogP contribution in [0.1, 0.15) is 0 Å². The van der Waals surface area contributed by atoms with Gasteiger partial charge in [0.25, 0.3) is 0 Å². The van der Waals surface area contributed by atoms with E-state index in [0.717, 1.165) is 17.1 Å². The second-order valence-electron chi connectivity index (χ2n) is 14.9. The molecular weight excluding hydrogens is 788 g/mol. The molecule has 272 valence electrons. The van der Waals surface area contributed by atoms with Crippen molar-refractivity contribution in [2.75, 3.05) is 4.90 Å². The van der Waals surface area contributed by atoms with Gasteiger partial charge >= 0.3 is 181 Å². The third-order valence-corrected chi connectivity index (χ3v) is 15.2. The average molecular weight is 822 g/mol. The van der Waals surface area contributed by atoms with Crippen LogP contribution in [0.15, 0.2) is 206 Å². The van der Waals surface area contributed by atoms with E-state index < -0.39 is 0 Å². The quantitative estimate of drug-likeness (QED) is 0.152. The molecule has 0 bridgehead atoms. The fourth-order valence-corrected chi connectivity index (χ4v) is 12.2. The number of nitrogens with zero attached hydrogens (tertiary/aromatic N) is 2. The van der Waals surface area contributed by atoms with E-state index in [1.807, 2.05) is 11.3 Å². The minimum absolute atomic E-state index is 0.370. The van der Waals surface area contributed by atoms with Crippen molar-refractivity contribution in [2.45, 2.75) is 0 Å². The zero-order chi connectivity index (χ0) is 38.2. The molecule has 0 atom stereocenters. The van der Waals surface area contributed by atoms with Crippen molar-refractivity contribution in [2.24, 2.45) is 0 Å². The third kappa shape index (κ3) is 5.45. The Labute approximate surface area is 345 Å². The van der Waals surface area contributed by atoms with Gasteiger partial charge in [0.1, 0.15) is 0 Å². The maximum absolute atomic E-state index is 2.40. The number of hydrogen-bond donors (Lipinski definition) is 0. The fraction of sp³-hybridized carbons (Fsp3) is 0. The zero-order valence-corrected chi connectivity index (χ0v) is 33.9. The summed E-state index contributed by atoms with van der Waals surface area (Å²) in [6.07, 6.45) is 0. The summed E-state index contributed by atoms with van der Waals surface area (Å²) in [5, 5.41) is 7.89. The van der Waals surface area contributed by atoms with E-state index in [1.54, 1.807) is 0 Å². The Hall–Kier alpha value is -6.68. The second-order valence-corrected chi connectivity index (χ2v) is 18.3. The Morgan fingerprint density at radius 1 is 0.345 bits per heavy atom. The molecule has 3 heterocycles. The summed E-state index contributed by atoms with van der Waals surface area (Å²) < 4.78 is 7.94. The van der Waals surface area contributed by atoms with Crippen molar-refractivity contribution in [1.82, 2.24) is 4.57 Å². The van der Waals surface area contributed by atoms with E-state index in [-0.39, 0.29) is 0 Å². The second kappa shape index (κ2) is 13.5. The van der Waals surface area contributed by atoms with E-state index >= 15 is 0 Å². The molecule has 0 saturated carbocycles. The van der Waals surface area contributed by atoms with Crippen LogP contribution in [0.2, 0.25) is 0 Å². The van der Waals surface area contributed by atoms with E-state index in [1.165, 1.54) is 89.2 Å². The Balaban J connectivity index is 0.953. The van der Waals surface area contributed by atoms with Gasteiger partial charge in [-0.1, -0.05) is 60.7 Å². The van der Waals surface area contributed by atoms with Gasteiger partial charge in [-0.2, -0.15) is 0 Å². The Bertz CT molecular complexity index is 3500. The van der Waals surface area contributed by atoms with Crippen molar-refractivity contribution < 1.29 is 0 Å². The topological polar surface area (TPSA) is 8.17 Å². The van der Waals surface area contributed by atoms with E-state index in [4.69, 9.17) is 0 Å². The fourth-order valence-electron chi connectivity index (χ4n) is 8.82. The summed E-state index contributed by atoms with van der Waals surface area (Å²) in [7, 11) is 0. The summed E-state index contributed by atoms with van der Waals surface area (Å²) in [5.41, 5.74) is 11.9. The standard InChI is InChI=1S/C54H34N2SSe/c1-2-10-39(11-3-1)56-49-15-7-4-12-43(49)46-32-37(22-29-50(46)56)35-18-24-40(25-19-35)55(42-28-30-52-47(34-42)44-13-5-8-16-51(44)57-52)41-26-20-36(21-27-41)38-23-31-54-48(33-38)45-14-6-9-17-53(45)58-54/h1-34H. The number of benzene rings is 9. The van der Waals surface area contributed by atoms with Crippen molar-refractivity contribution in [3.05, 3.63) is 206 Å². The smallest absolute Gasteiger partial charge is 0.0602 e. The van der Waals surface area contributed by atoms with Gasteiger partial charge in [0.2, 0.25) is 0 Å². The van der Waals surface area contributed by atoms with Crippen molar-refractivity contribution >= 4 is 104 Å². The number of anilines is 3. The van der Waals surface area contributed by atoms with Crippen LogP contribution in [0.4, 0.5) is 17.1 Å². The molecule has 0 amide bonds. The van der Waals surface area contributed by atoms with Gasteiger partial charge < -0.3 is 4.57 Å². The van der Waals surface area contributed by atoms with Crippen LogP contribution in [0.3, 0.4) is 0 Å². The van der Waals surface area contributed by atoms with Gasteiger partial charge in [-0.15, -0.1) is 11.3 Å². The van der Waals surface area contributed by atoms with Gasteiger partial charge in [-0.3, -0.25) is 0 Å². The molecule has 0 spiro atoms. The molecule has 12 aromatic rings. The molecule has 0 saturated heterocycles. The first kappa shape index (κ1) is 33.5. The molecule has 9 aromatic carbocycles. The van der Waals surface area contributed by atoms with Crippen molar-refractivity contribution in [3.8, 4) is 27.9 Å². The molecule has 0 aliphatic carbocycles. The number of rotatable bonds is 6. The molecule has 0 aliphatic heterocycles. The molecule has 12 rings (SSSR count). The molecule has 0 fully saturated rings. The van der Waals surface area contributed by atoms with Gasteiger partial charge in [0.15, 0.2) is 0 Å². The Kier molecular flexibility index (Phi) is 7.77. The normalized spacial score (nSPS) is 11.8. The van der Waals surface area contributed by atoms with Crippen LogP contribution in [0.5, 0.6) is 0 Å². The predicted octanol–water partition coefficient (Wildman–Crippen LogP) is 15.3. The van der Waals surface area contributed by atoms with Crippen LogP contribution in [0.25, 0.3) is 89.2 Å². The number of thiophene rings is 1. The summed E-state index contributed by atoms with van der Waals surface area (Å²) >= 11 is 2.23. The van der Waals surface area contributed by atoms with E-state index in [9.17, 15) is 0 Å². The Morgan fingerprint density at radius 2 is 0.897 bits per heavy atom. The van der Waals surface area contributed by atoms with Crippen molar-refractivity contribution in [3.63, 3.8) is 0 Å². The van der Waals surface area contributed by atoms with Crippen molar-refractivity contribution in [1.29, 1.82) is 0 Å². The number of aromatic nitrogens is 1. The Morgan fingerprint density at radius 3 is 1.67 bits per heavy atom. The van der Waals surface area contributed by atoms with Crippen LogP contribution in [0, 0.1) is 0 Å². The predicted molar refractivity (Wildman–Crippen MR) is 251 cm³/mol. The minimum Gasteiger partial charge on any atom is -0.0602 e. The first-order valence-corrected chi connectivity index (χ1v) is 22.2. The van der Waals surface area contributed by atoms with Gasteiger partial charge in [0.05, 0.1) is 11.0 Å². The molecular formula is C54H34N2SSe. The van der Waals surface area contributed by atoms with Crippen LogP contribution >= 0.6 is 11.3 Å². The first-order valence-electron chi connectivity index (χ1n) is 19.7. The monoisotopic (exact) mass is 822 g/mol. The number of para-hydroxylation sites is 2. The molecule has 4 heteroatoms. The van der Waals surface area contributed by atoms with Crippen LogP contribution in [-0.4, -0.2) is 19.1 Å². The molecule has 0 N–H and O–H groups in total. The summed E-state index contributed by atoms with van der Waals surface area (Å²) in [6.45, 7) is 0. The summed E-state index contributed by atoms with van der Waals surface area (Å²) in [5.74, 6) is 0. The molecule has 0 radical (unpaired) electrons. The van der Waals surface area contributed by atoms with Gasteiger partial charge in [-0.05, 0) is 47.5 Å².